The summed E-state index contributed by atoms with van der Waals surface area (Å²) in [5.74, 6) is 0.297. The Labute approximate surface area is 145 Å². The van der Waals surface area contributed by atoms with Crippen molar-refractivity contribution < 1.29 is 18.7 Å². The predicted octanol–water partition coefficient (Wildman–Crippen LogP) is 3.40. The van der Waals surface area contributed by atoms with Crippen molar-refractivity contribution in [3.63, 3.8) is 0 Å². The summed E-state index contributed by atoms with van der Waals surface area (Å²) in [6.45, 7) is 7.62. The molecule has 3 atom stereocenters. The van der Waals surface area contributed by atoms with Gasteiger partial charge >= 0.3 is 11.6 Å². The highest BCUT2D eigenvalue weighted by Gasteiger charge is 2.49. The van der Waals surface area contributed by atoms with Crippen LogP contribution in [0.5, 0.6) is 5.75 Å². The lowest BCUT2D eigenvalue weighted by Crippen LogP contribution is -2.38. The van der Waals surface area contributed by atoms with Gasteiger partial charge in [0.25, 0.3) is 0 Å². The van der Waals surface area contributed by atoms with E-state index < -0.39 is 5.41 Å². The summed E-state index contributed by atoms with van der Waals surface area (Å²) < 4.78 is 17.1. The second kappa shape index (κ2) is 5.22. The van der Waals surface area contributed by atoms with Crippen LogP contribution < -0.4 is 10.4 Å². The highest BCUT2D eigenvalue weighted by molar-refractivity contribution is 5.90. The molecular formula is C20H20O5. The average molecular weight is 340 g/mol. The number of cyclic esters (lactones) is 1. The number of benzene rings is 1. The van der Waals surface area contributed by atoms with Gasteiger partial charge in [0, 0.05) is 17.4 Å². The molecule has 25 heavy (non-hydrogen) atoms. The molecule has 4 rings (SSSR count). The van der Waals surface area contributed by atoms with Gasteiger partial charge in [-0.05, 0) is 38.5 Å². The average Bonchev–Trinajstić information content (AvgIpc) is 2.97. The molecule has 130 valence electrons. The van der Waals surface area contributed by atoms with Crippen LogP contribution in [-0.2, 0) is 14.9 Å². The molecule has 5 heteroatoms. The zero-order valence-corrected chi connectivity index (χ0v) is 14.7. The molecule has 0 spiro atoms. The number of aryl methyl sites for hydroxylation is 1. The van der Waals surface area contributed by atoms with E-state index in [-0.39, 0.29) is 23.8 Å². The van der Waals surface area contributed by atoms with Crippen LogP contribution in [-0.4, -0.2) is 18.2 Å². The second-order valence-corrected chi connectivity index (χ2v) is 7.22. The maximum Gasteiger partial charge on any atom is 0.343 e. The standard InChI is InChI=1S/C20H20O5/c1-10-6-5-7-14-15(10)17-16(19(22)25-14)20(4,12(3)23-17)9-13-8-11(2)18(21)24-13/h5-8,12-13H,9H2,1-4H3/t12-,13-,20+/m1/s1. The van der Waals surface area contributed by atoms with E-state index in [4.69, 9.17) is 13.9 Å². The lowest BCUT2D eigenvalue weighted by molar-refractivity contribution is -0.140. The van der Waals surface area contributed by atoms with Crippen molar-refractivity contribution >= 4 is 16.9 Å². The maximum atomic E-state index is 12.7. The van der Waals surface area contributed by atoms with Crippen LogP contribution in [0, 0.1) is 6.92 Å². The third kappa shape index (κ3) is 2.22. The fraction of sp³-hybridized carbons (Fsp3) is 0.400. The first kappa shape index (κ1) is 15.9. The van der Waals surface area contributed by atoms with Crippen LogP contribution in [0.3, 0.4) is 0 Å². The van der Waals surface area contributed by atoms with E-state index in [0.29, 0.717) is 28.9 Å². The lowest BCUT2D eigenvalue weighted by Gasteiger charge is -2.28. The molecule has 0 saturated carbocycles. The molecule has 5 nitrogen and oxygen atoms in total. The Morgan fingerprint density at radius 3 is 2.60 bits per heavy atom. The highest BCUT2D eigenvalue weighted by Crippen LogP contribution is 2.48. The molecule has 3 heterocycles. The normalized spacial score (nSPS) is 27.8. The predicted molar refractivity (Wildman–Crippen MR) is 92.9 cm³/mol. The fourth-order valence-electron chi connectivity index (χ4n) is 3.90. The summed E-state index contributed by atoms with van der Waals surface area (Å²) in [7, 11) is 0. The van der Waals surface area contributed by atoms with E-state index in [1.54, 1.807) is 13.0 Å². The van der Waals surface area contributed by atoms with E-state index in [0.717, 1.165) is 10.9 Å². The molecule has 0 unspecified atom stereocenters. The number of hydrogen-bond acceptors (Lipinski definition) is 5. The molecule has 1 aromatic heterocycles. The molecule has 0 fully saturated rings. The minimum Gasteiger partial charge on any atom is -0.488 e. The van der Waals surface area contributed by atoms with Crippen molar-refractivity contribution in [2.75, 3.05) is 0 Å². The van der Waals surface area contributed by atoms with Gasteiger partial charge in [0.2, 0.25) is 0 Å². The van der Waals surface area contributed by atoms with Gasteiger partial charge < -0.3 is 13.9 Å². The minimum absolute atomic E-state index is 0.233. The molecule has 0 bridgehead atoms. The van der Waals surface area contributed by atoms with Crippen LogP contribution in [0.4, 0.5) is 0 Å². The van der Waals surface area contributed by atoms with Crippen LogP contribution in [0.25, 0.3) is 11.0 Å². The molecule has 2 aliphatic heterocycles. The summed E-state index contributed by atoms with van der Waals surface area (Å²) >= 11 is 0. The summed E-state index contributed by atoms with van der Waals surface area (Å²) in [6, 6.07) is 5.60. The van der Waals surface area contributed by atoms with Crippen molar-refractivity contribution in [1.29, 1.82) is 0 Å². The smallest absolute Gasteiger partial charge is 0.343 e. The third-order valence-corrected chi connectivity index (χ3v) is 5.50. The molecular weight excluding hydrogens is 320 g/mol. The quantitative estimate of drug-likeness (QED) is 0.619. The van der Waals surface area contributed by atoms with Crippen molar-refractivity contribution in [2.24, 2.45) is 0 Å². The molecule has 0 N–H and O–H groups in total. The number of carbonyl (C=O) groups is 1. The summed E-state index contributed by atoms with van der Waals surface area (Å²) in [6.07, 6.45) is 1.70. The largest absolute Gasteiger partial charge is 0.488 e. The monoisotopic (exact) mass is 340 g/mol. The second-order valence-electron chi connectivity index (χ2n) is 7.22. The van der Waals surface area contributed by atoms with Gasteiger partial charge in [0.15, 0.2) is 0 Å². The summed E-state index contributed by atoms with van der Waals surface area (Å²) in [4.78, 5) is 24.4. The molecule has 2 aliphatic rings. The topological polar surface area (TPSA) is 65.7 Å². The first-order valence-electron chi connectivity index (χ1n) is 8.44. The van der Waals surface area contributed by atoms with Crippen molar-refractivity contribution in [2.45, 2.75) is 51.7 Å². The Morgan fingerprint density at radius 2 is 1.92 bits per heavy atom. The lowest BCUT2D eigenvalue weighted by atomic mass is 9.75. The van der Waals surface area contributed by atoms with Crippen LogP contribution in [0.1, 0.15) is 38.3 Å². The molecule has 0 saturated heterocycles. The van der Waals surface area contributed by atoms with Gasteiger partial charge in [-0.15, -0.1) is 0 Å². The van der Waals surface area contributed by atoms with E-state index in [9.17, 15) is 9.59 Å². The molecule has 0 radical (unpaired) electrons. The number of hydrogen-bond donors (Lipinski definition) is 0. The Morgan fingerprint density at radius 1 is 1.16 bits per heavy atom. The number of ether oxygens (including phenoxy) is 2. The van der Waals surface area contributed by atoms with Gasteiger partial charge in [-0.3, -0.25) is 0 Å². The van der Waals surface area contributed by atoms with Crippen LogP contribution in [0.15, 0.2) is 39.1 Å². The Kier molecular flexibility index (Phi) is 3.33. The van der Waals surface area contributed by atoms with E-state index in [2.05, 4.69) is 0 Å². The van der Waals surface area contributed by atoms with Crippen molar-refractivity contribution in [3.05, 3.63) is 51.4 Å². The Hall–Kier alpha value is -2.56. The zero-order chi connectivity index (χ0) is 17.9. The maximum absolute atomic E-state index is 12.7. The zero-order valence-electron chi connectivity index (χ0n) is 14.7. The molecule has 2 aromatic rings. The molecule has 0 aliphatic carbocycles. The van der Waals surface area contributed by atoms with Gasteiger partial charge in [0.05, 0.1) is 10.9 Å². The van der Waals surface area contributed by atoms with Crippen molar-refractivity contribution in [1.82, 2.24) is 0 Å². The van der Waals surface area contributed by atoms with E-state index in [1.165, 1.54) is 0 Å². The first-order valence-corrected chi connectivity index (χ1v) is 8.44. The van der Waals surface area contributed by atoms with Crippen LogP contribution >= 0.6 is 0 Å². The number of rotatable bonds is 2. The highest BCUT2D eigenvalue weighted by atomic mass is 16.5. The molecule has 0 amide bonds. The summed E-state index contributed by atoms with van der Waals surface area (Å²) in [5, 5.41) is 0.836. The van der Waals surface area contributed by atoms with Gasteiger partial charge in [-0.25, -0.2) is 9.59 Å². The number of fused-ring (bicyclic) bond motifs is 3. The minimum atomic E-state index is -0.599. The van der Waals surface area contributed by atoms with E-state index in [1.807, 2.05) is 39.0 Å². The third-order valence-electron chi connectivity index (χ3n) is 5.50. The van der Waals surface area contributed by atoms with Crippen molar-refractivity contribution in [3.8, 4) is 5.75 Å². The Bertz CT molecular complexity index is 983. The Balaban J connectivity index is 1.87. The summed E-state index contributed by atoms with van der Waals surface area (Å²) in [5.41, 5.74) is 1.68. The SMILES string of the molecule is CC1=C[C@H](C[C@]2(C)c3c(c4c(C)cccc4oc3=O)O[C@@H]2C)OC1=O. The van der Waals surface area contributed by atoms with Crippen LogP contribution in [0.2, 0.25) is 0 Å². The van der Waals surface area contributed by atoms with Gasteiger partial charge in [-0.1, -0.05) is 19.1 Å². The van der Waals surface area contributed by atoms with Gasteiger partial charge in [-0.2, -0.15) is 0 Å². The first-order chi connectivity index (χ1) is 11.8. The van der Waals surface area contributed by atoms with E-state index >= 15 is 0 Å². The fourth-order valence-corrected chi connectivity index (χ4v) is 3.90. The van der Waals surface area contributed by atoms with Gasteiger partial charge in [0.1, 0.15) is 23.5 Å². The number of carbonyl (C=O) groups excluding carboxylic acids is 1. The molecule has 1 aromatic carbocycles. The number of esters is 1.